The number of aliphatic hydroxyl groups is 1. The van der Waals surface area contributed by atoms with Gasteiger partial charge in [-0.05, 0) is 76.7 Å². The molecule has 0 saturated carbocycles. The number of nitrogens with zero attached hydrogens (tertiary/aromatic N) is 1. The molecule has 1 aliphatic heterocycles. The van der Waals surface area contributed by atoms with Crippen LogP contribution in [0.5, 0.6) is 0 Å². The molecule has 4 nitrogen and oxygen atoms in total. The first kappa shape index (κ1) is 34.8. The van der Waals surface area contributed by atoms with E-state index in [0.717, 1.165) is 12.1 Å². The lowest BCUT2D eigenvalue weighted by molar-refractivity contribution is -0.123. The molecule has 0 spiro atoms. The van der Waals surface area contributed by atoms with E-state index in [2.05, 4.69) is 48.5 Å². The Morgan fingerprint density at radius 3 is 2.49 bits per heavy atom. The predicted octanol–water partition coefficient (Wildman–Crippen LogP) is 7.81. The summed E-state index contributed by atoms with van der Waals surface area (Å²) in [4.78, 5) is 14.5. The Bertz CT molecular complexity index is 757. The second kappa shape index (κ2) is 22.9. The molecule has 0 aromatic heterocycles. The van der Waals surface area contributed by atoms with Gasteiger partial charge < -0.3 is 15.3 Å². The lowest BCUT2D eigenvalue weighted by Crippen LogP contribution is -2.34. The molecule has 0 aromatic carbocycles. The molecule has 1 heterocycles. The van der Waals surface area contributed by atoms with Gasteiger partial charge in [-0.2, -0.15) is 0 Å². The average Bonchev–Trinajstić information content (AvgIpc) is 3.16. The molecule has 0 atom stereocenters. The first-order valence-electron chi connectivity index (χ1n) is 14.1. The molecule has 1 saturated heterocycles. The number of hydrogen-bond acceptors (Lipinski definition) is 3. The SMILES string of the molecule is C/C=C(F)\C=C/CCO.C=C.CCCCCCCN1CCC(C2=CC=CC(NC(=O)C(C)C)=CC2)CC1. The highest BCUT2D eigenvalue weighted by molar-refractivity contribution is 5.80. The maximum Gasteiger partial charge on any atom is 0.226 e. The van der Waals surface area contributed by atoms with Gasteiger partial charge in [0.15, 0.2) is 0 Å². The third-order valence-electron chi connectivity index (χ3n) is 6.47. The Morgan fingerprint density at radius 2 is 1.89 bits per heavy atom. The molecule has 37 heavy (non-hydrogen) atoms. The number of nitrogens with one attached hydrogen (secondary N) is 1. The Labute approximate surface area is 226 Å². The third-order valence-corrected chi connectivity index (χ3v) is 6.47. The van der Waals surface area contributed by atoms with Gasteiger partial charge in [-0.1, -0.05) is 82.4 Å². The second-order valence-electron chi connectivity index (χ2n) is 9.73. The maximum absolute atomic E-state index is 12.1. The maximum atomic E-state index is 12.1. The highest BCUT2D eigenvalue weighted by Crippen LogP contribution is 2.29. The van der Waals surface area contributed by atoms with Crippen molar-refractivity contribution in [1.29, 1.82) is 0 Å². The number of halogens is 1. The van der Waals surface area contributed by atoms with E-state index in [9.17, 15) is 9.18 Å². The van der Waals surface area contributed by atoms with Crippen molar-refractivity contribution in [3.8, 4) is 0 Å². The number of likely N-dealkylation sites (tertiary alicyclic amines) is 1. The largest absolute Gasteiger partial charge is 0.396 e. The smallest absolute Gasteiger partial charge is 0.226 e. The van der Waals surface area contributed by atoms with E-state index >= 15 is 0 Å². The standard InChI is InChI=1S/C23H38N2O.C7H11FO.C2H4/c1-4-5-6-7-8-16-25-17-14-21(15-18-25)20-10-9-11-22(13-12-20)24-23(26)19(2)3;1-2-7(8)5-3-4-6-9;1-2/h9-11,13,19,21H,4-8,12,14-18H2,1-3H3,(H,24,26);2-3,5,9H,4,6H2,1H3;1-2H2/b;5-3-,7-2+;. The van der Waals surface area contributed by atoms with Gasteiger partial charge in [-0.3, -0.25) is 4.79 Å². The lowest BCUT2D eigenvalue weighted by atomic mass is 9.87. The number of allylic oxidation sites excluding steroid dienone is 8. The van der Waals surface area contributed by atoms with Crippen LogP contribution in [-0.4, -0.2) is 42.2 Å². The number of aliphatic hydroxyl groups excluding tert-OH is 1. The fourth-order valence-corrected chi connectivity index (χ4v) is 4.15. The molecule has 210 valence electrons. The van der Waals surface area contributed by atoms with Gasteiger partial charge in [0, 0.05) is 18.2 Å². The summed E-state index contributed by atoms with van der Waals surface area (Å²) in [6.07, 6.45) is 23.8. The molecular weight excluding hydrogens is 463 g/mol. The Hall–Kier alpha value is -2.24. The summed E-state index contributed by atoms with van der Waals surface area (Å²) in [5, 5.41) is 11.3. The monoisotopic (exact) mass is 516 g/mol. The predicted molar refractivity (Wildman–Crippen MR) is 158 cm³/mol. The molecule has 0 radical (unpaired) electrons. The summed E-state index contributed by atoms with van der Waals surface area (Å²) in [6, 6.07) is 0. The summed E-state index contributed by atoms with van der Waals surface area (Å²) >= 11 is 0. The van der Waals surface area contributed by atoms with Crippen LogP contribution in [0.25, 0.3) is 0 Å². The van der Waals surface area contributed by atoms with Crippen LogP contribution in [0.3, 0.4) is 0 Å². The summed E-state index contributed by atoms with van der Waals surface area (Å²) in [5.41, 5.74) is 2.47. The molecule has 0 bridgehead atoms. The molecule has 0 aromatic rings. The van der Waals surface area contributed by atoms with E-state index in [0.29, 0.717) is 12.3 Å². The Morgan fingerprint density at radius 1 is 1.22 bits per heavy atom. The van der Waals surface area contributed by atoms with Crippen molar-refractivity contribution in [1.82, 2.24) is 10.2 Å². The molecule has 2 aliphatic rings. The van der Waals surface area contributed by atoms with Gasteiger partial charge in [-0.25, -0.2) is 4.39 Å². The molecule has 1 fully saturated rings. The normalized spacial score (nSPS) is 16.8. The van der Waals surface area contributed by atoms with Gasteiger partial charge in [0.25, 0.3) is 0 Å². The number of piperidine rings is 1. The van der Waals surface area contributed by atoms with E-state index in [1.165, 1.54) is 82.3 Å². The lowest BCUT2D eigenvalue weighted by Gasteiger charge is -2.33. The van der Waals surface area contributed by atoms with Crippen molar-refractivity contribution in [2.75, 3.05) is 26.2 Å². The number of amides is 1. The highest BCUT2D eigenvalue weighted by atomic mass is 19.1. The van der Waals surface area contributed by atoms with Crippen molar-refractivity contribution in [2.24, 2.45) is 11.8 Å². The first-order chi connectivity index (χ1) is 17.9. The number of carbonyl (C=O) groups excluding carboxylic acids is 1. The molecule has 1 aliphatic carbocycles. The van der Waals surface area contributed by atoms with Crippen molar-refractivity contribution < 1.29 is 14.3 Å². The van der Waals surface area contributed by atoms with Gasteiger partial charge in [0.1, 0.15) is 5.83 Å². The van der Waals surface area contributed by atoms with Crippen LogP contribution in [0.15, 0.2) is 72.8 Å². The fraction of sp³-hybridized carbons (Fsp3) is 0.594. The van der Waals surface area contributed by atoms with Gasteiger partial charge in [-0.15, -0.1) is 13.2 Å². The van der Waals surface area contributed by atoms with Crippen LogP contribution < -0.4 is 5.32 Å². The van der Waals surface area contributed by atoms with Crippen molar-refractivity contribution in [3.63, 3.8) is 0 Å². The Kier molecular flexibility index (Phi) is 21.5. The van der Waals surface area contributed by atoms with Crippen LogP contribution in [0, 0.1) is 11.8 Å². The molecule has 0 unspecified atom stereocenters. The average molecular weight is 517 g/mol. The Balaban J connectivity index is 0.000000997. The molecule has 2 rings (SSSR count). The third kappa shape index (κ3) is 17.0. The molecular formula is C32H53FN2O2. The number of hydrogen-bond donors (Lipinski definition) is 2. The van der Waals surface area contributed by atoms with E-state index in [1.54, 1.807) is 13.0 Å². The minimum Gasteiger partial charge on any atom is -0.396 e. The van der Waals surface area contributed by atoms with Crippen molar-refractivity contribution in [2.45, 2.75) is 85.5 Å². The zero-order valence-electron chi connectivity index (χ0n) is 24.0. The topological polar surface area (TPSA) is 52.6 Å². The van der Waals surface area contributed by atoms with E-state index < -0.39 is 0 Å². The van der Waals surface area contributed by atoms with Crippen LogP contribution in [0.4, 0.5) is 4.39 Å². The van der Waals surface area contributed by atoms with Gasteiger partial charge in [0.05, 0.1) is 0 Å². The van der Waals surface area contributed by atoms with Crippen LogP contribution in [0.2, 0.25) is 0 Å². The summed E-state index contributed by atoms with van der Waals surface area (Å²) in [5.74, 6) is 0.554. The second-order valence-corrected chi connectivity index (χ2v) is 9.73. The van der Waals surface area contributed by atoms with E-state index in [1.807, 2.05) is 19.9 Å². The van der Waals surface area contributed by atoms with Gasteiger partial charge >= 0.3 is 0 Å². The van der Waals surface area contributed by atoms with E-state index in [-0.39, 0.29) is 24.3 Å². The molecule has 5 heteroatoms. The molecule has 1 amide bonds. The van der Waals surface area contributed by atoms with Crippen LogP contribution in [0.1, 0.15) is 85.5 Å². The number of unbranched alkanes of at least 4 members (excludes halogenated alkanes) is 4. The fourth-order valence-electron chi connectivity index (χ4n) is 4.15. The summed E-state index contributed by atoms with van der Waals surface area (Å²) in [6.45, 7) is 17.6. The highest BCUT2D eigenvalue weighted by Gasteiger charge is 2.21. The number of rotatable bonds is 12. The molecule has 2 N–H and O–H groups in total. The zero-order valence-corrected chi connectivity index (χ0v) is 24.0. The summed E-state index contributed by atoms with van der Waals surface area (Å²) in [7, 11) is 0. The zero-order chi connectivity index (χ0) is 27.9. The van der Waals surface area contributed by atoms with Gasteiger partial charge in [0.2, 0.25) is 5.91 Å². The van der Waals surface area contributed by atoms with Crippen molar-refractivity contribution >= 4 is 5.91 Å². The van der Waals surface area contributed by atoms with Crippen LogP contribution in [-0.2, 0) is 4.79 Å². The van der Waals surface area contributed by atoms with Crippen LogP contribution >= 0.6 is 0 Å². The summed E-state index contributed by atoms with van der Waals surface area (Å²) < 4.78 is 12.1. The minimum absolute atomic E-state index is 0.0197. The first-order valence-corrected chi connectivity index (χ1v) is 14.1. The minimum atomic E-state index is -0.261. The quantitative estimate of drug-likeness (QED) is 0.158. The number of carbonyl (C=O) groups is 1. The van der Waals surface area contributed by atoms with E-state index in [4.69, 9.17) is 5.11 Å². The van der Waals surface area contributed by atoms with Crippen molar-refractivity contribution in [3.05, 3.63) is 72.8 Å².